The first-order chi connectivity index (χ1) is 7.42. The van der Waals surface area contributed by atoms with E-state index >= 15 is 0 Å². The first-order valence-corrected chi connectivity index (χ1v) is 4.93. The van der Waals surface area contributed by atoms with Crippen LogP contribution in [0.2, 0.25) is 0 Å². The summed E-state index contributed by atoms with van der Waals surface area (Å²) < 4.78 is 0. The summed E-state index contributed by atoms with van der Waals surface area (Å²) in [5.74, 6) is -0.160. The molecule has 0 spiro atoms. The van der Waals surface area contributed by atoms with Gasteiger partial charge in [0.1, 0.15) is 0 Å². The molecule has 0 bridgehead atoms. The van der Waals surface area contributed by atoms with E-state index in [1.54, 1.807) is 0 Å². The van der Waals surface area contributed by atoms with Crippen molar-refractivity contribution in [1.82, 2.24) is 15.4 Å². The number of nitrogens with one attached hydrogen (secondary N) is 2. The highest BCUT2D eigenvalue weighted by Crippen LogP contribution is 2.12. The molecular weight excluding hydrogens is 208 g/mol. The summed E-state index contributed by atoms with van der Waals surface area (Å²) in [4.78, 5) is 18.9. The van der Waals surface area contributed by atoms with Gasteiger partial charge in [0.05, 0.1) is 5.56 Å². The molecule has 6 nitrogen and oxygen atoms in total. The summed E-state index contributed by atoms with van der Waals surface area (Å²) in [5.41, 5.74) is 1.86. The summed E-state index contributed by atoms with van der Waals surface area (Å²) in [7, 11) is 0. The van der Waals surface area contributed by atoms with Crippen LogP contribution in [-0.2, 0) is 0 Å². The molecule has 0 saturated heterocycles. The van der Waals surface area contributed by atoms with Gasteiger partial charge in [0, 0.05) is 18.9 Å². The number of rotatable bonds is 3. The third-order valence-electron chi connectivity index (χ3n) is 1.79. The Morgan fingerprint density at radius 1 is 1.38 bits per heavy atom. The Bertz CT molecular complexity index is 356. The van der Waals surface area contributed by atoms with Gasteiger partial charge in [-0.2, -0.15) is 0 Å². The monoisotopic (exact) mass is 224 g/mol. The first kappa shape index (κ1) is 12.4. The van der Waals surface area contributed by atoms with Gasteiger partial charge in [-0.15, -0.1) is 0 Å². The minimum Gasteiger partial charge on any atom is -0.354 e. The Morgan fingerprint density at radius 2 is 1.94 bits per heavy atom. The van der Waals surface area contributed by atoms with Gasteiger partial charge in [0.25, 0.3) is 5.91 Å². The van der Waals surface area contributed by atoms with Crippen molar-refractivity contribution in [2.45, 2.75) is 20.8 Å². The second-order valence-corrected chi connectivity index (χ2v) is 4.65. The molecule has 1 amide bonds. The molecule has 1 aromatic rings. The van der Waals surface area contributed by atoms with Crippen LogP contribution in [0, 0.1) is 5.41 Å². The van der Waals surface area contributed by atoms with E-state index in [1.807, 2.05) is 0 Å². The molecule has 6 heteroatoms. The molecule has 0 unspecified atom stereocenters. The molecule has 1 heterocycles. The van der Waals surface area contributed by atoms with Crippen molar-refractivity contribution in [1.29, 1.82) is 0 Å². The largest absolute Gasteiger partial charge is 0.354 e. The summed E-state index contributed by atoms with van der Waals surface area (Å²) >= 11 is 0. The van der Waals surface area contributed by atoms with E-state index in [1.165, 1.54) is 17.9 Å². The van der Waals surface area contributed by atoms with Crippen LogP contribution >= 0.6 is 0 Å². The normalized spacial score (nSPS) is 11.0. The van der Waals surface area contributed by atoms with Crippen LogP contribution in [-0.4, -0.2) is 27.6 Å². The predicted molar refractivity (Wildman–Crippen MR) is 59.2 cm³/mol. The zero-order valence-electron chi connectivity index (χ0n) is 9.61. The van der Waals surface area contributed by atoms with Crippen LogP contribution in [0.3, 0.4) is 0 Å². The van der Waals surface area contributed by atoms with Gasteiger partial charge in [-0.05, 0) is 5.41 Å². The summed E-state index contributed by atoms with van der Waals surface area (Å²) in [6, 6.07) is 0. The minimum atomic E-state index is -0.623. The van der Waals surface area contributed by atoms with Crippen molar-refractivity contribution in [3.8, 4) is 0 Å². The van der Waals surface area contributed by atoms with Crippen LogP contribution in [0.5, 0.6) is 0 Å². The number of hydrogen-bond acceptors (Lipinski definition) is 5. The van der Waals surface area contributed by atoms with Gasteiger partial charge in [-0.25, -0.2) is 15.4 Å². The maximum absolute atomic E-state index is 11.0. The second-order valence-electron chi connectivity index (χ2n) is 4.65. The van der Waals surface area contributed by atoms with Crippen LogP contribution in [0.4, 0.5) is 5.95 Å². The van der Waals surface area contributed by atoms with Gasteiger partial charge in [-0.1, -0.05) is 20.8 Å². The maximum atomic E-state index is 11.0. The molecule has 0 aliphatic rings. The molecule has 0 radical (unpaired) electrons. The molecule has 1 aromatic heterocycles. The van der Waals surface area contributed by atoms with E-state index in [9.17, 15) is 4.79 Å². The van der Waals surface area contributed by atoms with E-state index in [2.05, 4.69) is 36.1 Å². The molecule has 88 valence electrons. The average Bonchev–Trinajstić information content (AvgIpc) is 2.25. The summed E-state index contributed by atoms with van der Waals surface area (Å²) in [6.07, 6.45) is 2.70. The number of hydroxylamine groups is 1. The van der Waals surface area contributed by atoms with Gasteiger partial charge in [-0.3, -0.25) is 10.0 Å². The Hall–Kier alpha value is -1.69. The predicted octanol–water partition coefficient (Wildman–Crippen LogP) is 1.05. The average molecular weight is 224 g/mol. The fourth-order valence-electron chi connectivity index (χ4n) is 0.945. The number of aromatic nitrogens is 2. The molecule has 0 fully saturated rings. The molecular formula is C10H16N4O2. The fraction of sp³-hybridized carbons (Fsp3) is 0.500. The number of nitrogens with zero attached hydrogens (tertiary/aromatic N) is 2. The first-order valence-electron chi connectivity index (χ1n) is 4.93. The third kappa shape index (κ3) is 3.82. The van der Waals surface area contributed by atoms with Crippen LogP contribution in [0.1, 0.15) is 31.1 Å². The number of carbonyl (C=O) groups excluding carboxylic acids is 1. The fourth-order valence-corrected chi connectivity index (χ4v) is 0.945. The van der Waals surface area contributed by atoms with Crippen molar-refractivity contribution in [2.24, 2.45) is 5.41 Å². The second kappa shape index (κ2) is 4.89. The Kier molecular flexibility index (Phi) is 3.78. The van der Waals surface area contributed by atoms with Crippen LogP contribution < -0.4 is 10.8 Å². The lowest BCUT2D eigenvalue weighted by Crippen LogP contribution is -2.21. The minimum absolute atomic E-state index is 0.129. The molecule has 0 aliphatic carbocycles. The van der Waals surface area contributed by atoms with E-state index < -0.39 is 5.91 Å². The SMILES string of the molecule is CC(C)(C)CNc1ncc(C(=O)NO)cn1. The van der Waals surface area contributed by atoms with Crippen LogP contribution in [0.25, 0.3) is 0 Å². The quantitative estimate of drug-likeness (QED) is 0.527. The molecule has 0 atom stereocenters. The van der Waals surface area contributed by atoms with E-state index in [0.717, 1.165) is 6.54 Å². The highest BCUT2D eigenvalue weighted by atomic mass is 16.5. The lowest BCUT2D eigenvalue weighted by Gasteiger charge is -2.18. The zero-order valence-corrected chi connectivity index (χ0v) is 9.61. The number of hydrogen-bond donors (Lipinski definition) is 3. The maximum Gasteiger partial charge on any atom is 0.277 e. The van der Waals surface area contributed by atoms with E-state index in [-0.39, 0.29) is 11.0 Å². The zero-order chi connectivity index (χ0) is 12.2. The van der Waals surface area contributed by atoms with Crippen molar-refractivity contribution in [3.05, 3.63) is 18.0 Å². The van der Waals surface area contributed by atoms with Crippen molar-refractivity contribution in [2.75, 3.05) is 11.9 Å². The molecule has 0 saturated carbocycles. The number of anilines is 1. The van der Waals surface area contributed by atoms with Crippen LogP contribution in [0.15, 0.2) is 12.4 Å². The summed E-state index contributed by atoms with van der Waals surface area (Å²) in [5, 5.41) is 11.4. The van der Waals surface area contributed by atoms with Crippen molar-refractivity contribution >= 4 is 11.9 Å². The lowest BCUT2D eigenvalue weighted by atomic mass is 9.97. The Balaban J connectivity index is 2.62. The molecule has 0 aromatic carbocycles. The smallest absolute Gasteiger partial charge is 0.277 e. The summed E-state index contributed by atoms with van der Waals surface area (Å²) in [6.45, 7) is 7.01. The molecule has 3 N–H and O–H groups in total. The molecule has 1 rings (SSSR count). The highest BCUT2D eigenvalue weighted by molar-refractivity contribution is 5.92. The molecule has 0 aliphatic heterocycles. The van der Waals surface area contributed by atoms with Gasteiger partial charge < -0.3 is 5.32 Å². The topological polar surface area (TPSA) is 87.1 Å². The van der Waals surface area contributed by atoms with Crippen molar-refractivity contribution < 1.29 is 10.0 Å². The Labute approximate surface area is 94.1 Å². The van der Waals surface area contributed by atoms with Crippen molar-refractivity contribution in [3.63, 3.8) is 0 Å². The highest BCUT2D eigenvalue weighted by Gasteiger charge is 2.11. The van der Waals surface area contributed by atoms with Gasteiger partial charge >= 0.3 is 0 Å². The van der Waals surface area contributed by atoms with E-state index in [0.29, 0.717) is 5.95 Å². The van der Waals surface area contributed by atoms with Gasteiger partial charge in [0.2, 0.25) is 5.95 Å². The Morgan fingerprint density at radius 3 is 2.38 bits per heavy atom. The number of amides is 1. The lowest BCUT2D eigenvalue weighted by molar-refractivity contribution is 0.0705. The molecule has 16 heavy (non-hydrogen) atoms. The third-order valence-corrected chi connectivity index (χ3v) is 1.79. The van der Waals surface area contributed by atoms with E-state index in [4.69, 9.17) is 5.21 Å². The number of carbonyl (C=O) groups is 1. The standard InChI is InChI=1S/C10H16N4O2/c1-10(2,3)6-13-9-11-4-7(5-12-9)8(15)14-16/h4-5,16H,6H2,1-3H3,(H,14,15)(H,11,12,13). The van der Waals surface area contributed by atoms with Gasteiger partial charge in [0.15, 0.2) is 0 Å².